The molecule has 9 heteroatoms. The van der Waals surface area contributed by atoms with Crippen molar-refractivity contribution in [1.82, 2.24) is 20.1 Å². The summed E-state index contributed by atoms with van der Waals surface area (Å²) < 4.78 is 18.3. The van der Waals surface area contributed by atoms with Crippen LogP contribution < -0.4 is 14.8 Å². The van der Waals surface area contributed by atoms with Gasteiger partial charge in [-0.25, -0.2) is 0 Å². The van der Waals surface area contributed by atoms with Crippen molar-refractivity contribution in [2.45, 2.75) is 24.7 Å². The Morgan fingerprint density at radius 1 is 1.09 bits per heavy atom. The molecule has 4 aromatic rings. The van der Waals surface area contributed by atoms with Crippen molar-refractivity contribution in [3.05, 3.63) is 78.3 Å². The lowest BCUT2D eigenvalue weighted by Gasteiger charge is -2.13. The van der Waals surface area contributed by atoms with Crippen molar-refractivity contribution in [3.8, 4) is 22.9 Å². The number of fused-ring (bicyclic) bond motifs is 1. The van der Waals surface area contributed by atoms with E-state index >= 15 is 0 Å². The molecule has 0 fully saturated rings. The number of benzene rings is 2. The SMILES string of the molecule is C[C@@H](NC(=O)CSc1nnc(-c2ccccc2)n1Cc1ccc2c(c1)OCO2)c1ccco1. The average Bonchev–Trinajstić information content (AvgIpc) is 3.59. The summed E-state index contributed by atoms with van der Waals surface area (Å²) in [5.41, 5.74) is 1.97. The number of carbonyl (C=O) groups is 1. The zero-order valence-corrected chi connectivity index (χ0v) is 18.7. The number of carbonyl (C=O) groups excluding carboxylic acids is 1. The summed E-state index contributed by atoms with van der Waals surface area (Å²) in [5, 5.41) is 12.4. The van der Waals surface area contributed by atoms with Crippen molar-refractivity contribution in [1.29, 1.82) is 0 Å². The molecule has 1 amide bonds. The standard InChI is InChI=1S/C24H22N4O4S/c1-16(19-8-5-11-30-19)25-22(29)14-33-24-27-26-23(18-6-3-2-4-7-18)28(24)13-17-9-10-20-21(12-17)32-15-31-20/h2-12,16H,13-15H2,1H3,(H,25,29)/t16-/m1/s1. The Morgan fingerprint density at radius 3 is 2.76 bits per heavy atom. The monoisotopic (exact) mass is 462 g/mol. The van der Waals surface area contributed by atoms with Crippen molar-refractivity contribution < 1.29 is 18.7 Å². The highest BCUT2D eigenvalue weighted by atomic mass is 32.2. The molecule has 2 aromatic carbocycles. The van der Waals surface area contributed by atoms with Gasteiger partial charge in [-0.1, -0.05) is 48.2 Å². The minimum atomic E-state index is -0.209. The van der Waals surface area contributed by atoms with Crippen molar-refractivity contribution in [2.75, 3.05) is 12.5 Å². The molecule has 1 atom stereocenters. The van der Waals surface area contributed by atoms with Crippen LogP contribution in [-0.2, 0) is 11.3 Å². The fraction of sp³-hybridized carbons (Fsp3) is 0.208. The van der Waals surface area contributed by atoms with Gasteiger partial charge in [0.05, 0.1) is 24.6 Å². The third kappa shape index (κ3) is 4.73. The highest BCUT2D eigenvalue weighted by Crippen LogP contribution is 2.33. The Hall–Kier alpha value is -3.72. The molecule has 5 rings (SSSR count). The number of nitrogens with one attached hydrogen (secondary N) is 1. The third-order valence-electron chi connectivity index (χ3n) is 5.21. The maximum atomic E-state index is 12.5. The van der Waals surface area contributed by atoms with Crippen LogP contribution >= 0.6 is 11.8 Å². The molecule has 168 valence electrons. The first-order valence-corrected chi connectivity index (χ1v) is 11.5. The zero-order chi connectivity index (χ0) is 22.6. The smallest absolute Gasteiger partial charge is 0.231 e. The highest BCUT2D eigenvalue weighted by molar-refractivity contribution is 7.99. The minimum absolute atomic E-state index is 0.109. The van der Waals surface area contributed by atoms with E-state index < -0.39 is 0 Å². The van der Waals surface area contributed by atoms with Crippen LogP contribution in [-0.4, -0.2) is 33.2 Å². The summed E-state index contributed by atoms with van der Waals surface area (Å²) in [6.07, 6.45) is 1.59. The fourth-order valence-electron chi connectivity index (χ4n) is 3.58. The lowest BCUT2D eigenvalue weighted by Crippen LogP contribution is -2.28. The molecule has 3 heterocycles. The number of nitrogens with zero attached hydrogens (tertiary/aromatic N) is 3. The predicted molar refractivity (Wildman–Crippen MR) is 123 cm³/mol. The van der Waals surface area contributed by atoms with Crippen LogP contribution in [0.25, 0.3) is 11.4 Å². The summed E-state index contributed by atoms with van der Waals surface area (Å²) in [6.45, 7) is 2.64. The molecule has 8 nitrogen and oxygen atoms in total. The molecule has 0 saturated carbocycles. The van der Waals surface area contributed by atoms with Gasteiger partial charge in [0.2, 0.25) is 12.7 Å². The van der Waals surface area contributed by atoms with Gasteiger partial charge in [0.25, 0.3) is 0 Å². The first-order valence-electron chi connectivity index (χ1n) is 10.5. The number of hydrogen-bond donors (Lipinski definition) is 1. The Kier molecular flexibility index (Phi) is 6.03. The molecular weight excluding hydrogens is 440 g/mol. The van der Waals surface area contributed by atoms with E-state index in [1.807, 2.05) is 66.1 Å². The second-order valence-corrected chi connectivity index (χ2v) is 8.48. The molecule has 0 spiro atoms. The van der Waals surface area contributed by atoms with Crippen LogP contribution in [0.2, 0.25) is 0 Å². The van der Waals surface area contributed by atoms with E-state index in [2.05, 4.69) is 15.5 Å². The lowest BCUT2D eigenvalue weighted by molar-refractivity contribution is -0.119. The topological polar surface area (TPSA) is 91.4 Å². The van der Waals surface area contributed by atoms with E-state index in [9.17, 15) is 4.79 Å². The van der Waals surface area contributed by atoms with Crippen LogP contribution in [0.1, 0.15) is 24.3 Å². The molecule has 0 unspecified atom stereocenters. The average molecular weight is 463 g/mol. The van der Waals surface area contributed by atoms with Crippen LogP contribution in [0, 0.1) is 0 Å². The minimum Gasteiger partial charge on any atom is -0.467 e. The third-order valence-corrected chi connectivity index (χ3v) is 6.17. The molecule has 1 aliphatic rings. The van der Waals surface area contributed by atoms with Gasteiger partial charge in [-0.3, -0.25) is 9.36 Å². The van der Waals surface area contributed by atoms with Gasteiger partial charge >= 0.3 is 0 Å². The van der Waals surface area contributed by atoms with Gasteiger partial charge < -0.3 is 19.2 Å². The van der Waals surface area contributed by atoms with Crippen LogP contribution in [0.4, 0.5) is 0 Å². The molecule has 2 aromatic heterocycles. The molecule has 0 radical (unpaired) electrons. The number of hydrogen-bond acceptors (Lipinski definition) is 7. The Balaban J connectivity index is 1.35. The number of thioether (sulfide) groups is 1. The van der Waals surface area contributed by atoms with Gasteiger partial charge in [0, 0.05) is 5.56 Å². The zero-order valence-electron chi connectivity index (χ0n) is 17.9. The largest absolute Gasteiger partial charge is 0.467 e. The van der Waals surface area contributed by atoms with E-state index in [4.69, 9.17) is 13.9 Å². The summed E-state index contributed by atoms with van der Waals surface area (Å²) in [7, 11) is 0. The number of rotatable bonds is 8. The molecule has 33 heavy (non-hydrogen) atoms. The van der Waals surface area contributed by atoms with Gasteiger partial charge in [-0.15, -0.1) is 10.2 Å². The Bertz CT molecular complexity index is 1240. The maximum Gasteiger partial charge on any atom is 0.231 e. The molecular formula is C24H22N4O4S. The Labute approximate surface area is 194 Å². The number of ether oxygens (including phenoxy) is 2. The second-order valence-electron chi connectivity index (χ2n) is 7.54. The molecule has 0 saturated heterocycles. The number of aromatic nitrogens is 3. The Morgan fingerprint density at radius 2 is 1.94 bits per heavy atom. The summed E-state index contributed by atoms with van der Waals surface area (Å²) >= 11 is 1.35. The van der Waals surface area contributed by atoms with E-state index in [0.29, 0.717) is 17.5 Å². The first kappa shape index (κ1) is 21.1. The van der Waals surface area contributed by atoms with E-state index in [1.54, 1.807) is 12.3 Å². The summed E-state index contributed by atoms with van der Waals surface area (Å²) in [6, 6.07) is 19.2. The van der Waals surface area contributed by atoms with E-state index in [0.717, 1.165) is 28.5 Å². The van der Waals surface area contributed by atoms with Crippen LogP contribution in [0.15, 0.2) is 76.5 Å². The molecule has 1 N–H and O–H groups in total. The molecule has 0 aliphatic carbocycles. The molecule has 0 bridgehead atoms. The first-order chi connectivity index (χ1) is 16.2. The van der Waals surface area contributed by atoms with Crippen LogP contribution in [0.3, 0.4) is 0 Å². The number of amides is 1. The van der Waals surface area contributed by atoms with E-state index in [1.165, 1.54) is 11.8 Å². The van der Waals surface area contributed by atoms with Crippen molar-refractivity contribution >= 4 is 17.7 Å². The summed E-state index contributed by atoms with van der Waals surface area (Å²) in [4.78, 5) is 12.5. The van der Waals surface area contributed by atoms with Crippen molar-refractivity contribution in [2.24, 2.45) is 0 Å². The maximum absolute atomic E-state index is 12.5. The second kappa shape index (κ2) is 9.41. The lowest BCUT2D eigenvalue weighted by atomic mass is 10.2. The van der Waals surface area contributed by atoms with Gasteiger partial charge in [0.15, 0.2) is 22.5 Å². The number of furan rings is 1. The van der Waals surface area contributed by atoms with Gasteiger partial charge in [-0.05, 0) is 36.8 Å². The highest BCUT2D eigenvalue weighted by Gasteiger charge is 2.19. The fourth-order valence-corrected chi connectivity index (χ4v) is 4.33. The van der Waals surface area contributed by atoms with Gasteiger partial charge in [0.1, 0.15) is 5.76 Å². The van der Waals surface area contributed by atoms with Gasteiger partial charge in [-0.2, -0.15) is 0 Å². The summed E-state index contributed by atoms with van der Waals surface area (Å²) in [5.74, 6) is 3.01. The van der Waals surface area contributed by atoms with E-state index in [-0.39, 0.29) is 24.5 Å². The van der Waals surface area contributed by atoms with Crippen LogP contribution in [0.5, 0.6) is 11.5 Å². The van der Waals surface area contributed by atoms with Crippen molar-refractivity contribution in [3.63, 3.8) is 0 Å². The predicted octanol–water partition coefficient (Wildman–Crippen LogP) is 4.28. The molecule has 1 aliphatic heterocycles. The quantitative estimate of drug-likeness (QED) is 0.391. The normalized spacial score (nSPS) is 13.1.